The number of nitrogens with zero attached hydrogens (tertiary/aromatic N) is 1. The van der Waals surface area contributed by atoms with Crippen molar-refractivity contribution in [3.05, 3.63) is 163 Å². The smallest absolute Gasteiger partial charge is 0.417 e. The number of aromatic nitrogens is 2. The van der Waals surface area contributed by atoms with Crippen LogP contribution in [0.5, 0.6) is 5.88 Å². The highest BCUT2D eigenvalue weighted by molar-refractivity contribution is 5.97. The van der Waals surface area contributed by atoms with E-state index in [1.165, 1.54) is 48.5 Å². The summed E-state index contributed by atoms with van der Waals surface area (Å²) in [7, 11) is 0. The van der Waals surface area contributed by atoms with Gasteiger partial charge in [0.1, 0.15) is 24.1 Å². The van der Waals surface area contributed by atoms with E-state index in [0.717, 1.165) is 24.3 Å². The van der Waals surface area contributed by atoms with Crippen LogP contribution in [0, 0.1) is 17.5 Å². The van der Waals surface area contributed by atoms with Crippen LogP contribution in [0.25, 0.3) is 22.3 Å². The highest BCUT2D eigenvalue weighted by atomic mass is 19.4. The molecule has 0 unspecified atom stereocenters. The highest BCUT2D eigenvalue weighted by Crippen LogP contribution is 2.45. The molecule has 2 aliphatic carbocycles. The SMILES string of the molecule is CCOC(=O)c1cc(C2=C(c3cc(C(F)(F)F)c[nH]c3=O)CCC2)ccc1F.CCOC(=O)c1cc(C2=C(c3cc(C(F)(F)F)cnc3OCc3ccc(F)cc3)CCC2)ccc1F. The third kappa shape index (κ3) is 10.9. The number of halogens is 9. The Labute approximate surface area is 360 Å². The van der Waals surface area contributed by atoms with Crippen LogP contribution in [0.4, 0.5) is 39.5 Å². The average molecular weight is 899 g/mol. The number of hydrogen-bond donors (Lipinski definition) is 1. The Kier molecular flexibility index (Phi) is 14.5. The van der Waals surface area contributed by atoms with Crippen LogP contribution in [-0.2, 0) is 28.4 Å². The van der Waals surface area contributed by atoms with Crippen molar-refractivity contribution in [1.29, 1.82) is 0 Å². The van der Waals surface area contributed by atoms with Gasteiger partial charge >= 0.3 is 24.3 Å². The number of ether oxygens (including phenoxy) is 3. The summed E-state index contributed by atoms with van der Waals surface area (Å²) in [5.74, 6) is -3.57. The Morgan fingerprint density at radius 3 is 1.62 bits per heavy atom. The van der Waals surface area contributed by atoms with Crippen LogP contribution < -0.4 is 10.3 Å². The fourth-order valence-electron chi connectivity index (χ4n) is 7.42. The van der Waals surface area contributed by atoms with Crippen molar-refractivity contribution in [2.75, 3.05) is 13.2 Å². The predicted molar refractivity (Wildman–Crippen MR) is 218 cm³/mol. The van der Waals surface area contributed by atoms with Crippen LogP contribution in [0.2, 0.25) is 0 Å². The molecule has 2 aromatic heterocycles. The second-order valence-electron chi connectivity index (χ2n) is 14.6. The molecule has 336 valence electrons. The van der Waals surface area contributed by atoms with Gasteiger partial charge in [0.15, 0.2) is 0 Å². The molecule has 0 radical (unpaired) electrons. The van der Waals surface area contributed by atoms with Crippen molar-refractivity contribution in [3.63, 3.8) is 0 Å². The molecule has 2 aliphatic rings. The summed E-state index contributed by atoms with van der Waals surface area (Å²) >= 11 is 0. The summed E-state index contributed by atoms with van der Waals surface area (Å²) in [4.78, 5) is 42.4. The first-order valence-corrected chi connectivity index (χ1v) is 20.0. The van der Waals surface area contributed by atoms with Gasteiger partial charge in [-0.2, -0.15) is 26.3 Å². The van der Waals surface area contributed by atoms with Crippen molar-refractivity contribution in [3.8, 4) is 5.88 Å². The van der Waals surface area contributed by atoms with E-state index in [1.807, 2.05) is 0 Å². The fourth-order valence-corrected chi connectivity index (χ4v) is 7.42. The van der Waals surface area contributed by atoms with E-state index in [9.17, 15) is 53.9 Å². The van der Waals surface area contributed by atoms with E-state index in [4.69, 9.17) is 14.2 Å². The maximum Gasteiger partial charge on any atom is 0.417 e. The topological polar surface area (TPSA) is 108 Å². The lowest BCUT2D eigenvalue weighted by molar-refractivity contribution is -0.138. The van der Waals surface area contributed by atoms with Gasteiger partial charge in [0, 0.05) is 23.5 Å². The number of H-pyrrole nitrogens is 1. The van der Waals surface area contributed by atoms with E-state index >= 15 is 0 Å². The van der Waals surface area contributed by atoms with Gasteiger partial charge in [-0.1, -0.05) is 24.3 Å². The van der Waals surface area contributed by atoms with Crippen LogP contribution in [0.1, 0.15) is 112 Å². The number of hydrogen-bond acceptors (Lipinski definition) is 7. The van der Waals surface area contributed by atoms with Crippen molar-refractivity contribution in [1.82, 2.24) is 9.97 Å². The molecule has 2 heterocycles. The summed E-state index contributed by atoms with van der Waals surface area (Å²) in [6.45, 7) is 3.32. The zero-order chi connectivity index (χ0) is 46.3. The fraction of sp³-hybridized carbons (Fsp3) is 0.277. The van der Waals surface area contributed by atoms with E-state index in [-0.39, 0.29) is 48.0 Å². The third-order valence-corrected chi connectivity index (χ3v) is 10.4. The number of alkyl halides is 6. The minimum atomic E-state index is -4.62. The molecule has 0 atom stereocenters. The number of aromatic amines is 1. The number of carbonyl (C=O) groups excluding carboxylic acids is 2. The van der Waals surface area contributed by atoms with Gasteiger partial charge < -0.3 is 19.2 Å². The second-order valence-corrected chi connectivity index (χ2v) is 14.6. The standard InChI is InChI=1S/C27H22F5NO3.C20H17F4NO3/c1-2-35-26(34)23-12-17(8-11-24(23)29)20-4-3-5-21(20)22-13-18(27(30,31)32)14-33-25(22)36-15-16-6-9-19(28)10-7-16;1-2-28-19(27)16-8-11(6-7-17(16)21)13-4-3-5-14(13)15-9-12(20(22,23)24)10-25-18(15)26/h6-14H,2-5,15H2,1H3;6-10H,2-5H2,1H3,(H,25,26). The maximum atomic E-state index is 14.3. The number of pyridine rings is 2. The summed E-state index contributed by atoms with van der Waals surface area (Å²) in [6.07, 6.45) is -4.74. The first kappa shape index (κ1) is 46.8. The second kappa shape index (κ2) is 19.8. The van der Waals surface area contributed by atoms with Gasteiger partial charge in [-0.3, -0.25) is 4.79 Å². The molecule has 0 bridgehead atoms. The van der Waals surface area contributed by atoms with Gasteiger partial charge in [-0.05, 0) is 140 Å². The van der Waals surface area contributed by atoms with Crippen LogP contribution in [-0.4, -0.2) is 35.1 Å². The quantitative estimate of drug-likeness (QED) is 0.104. The monoisotopic (exact) mass is 898 g/mol. The molecule has 7 rings (SSSR count). The minimum Gasteiger partial charge on any atom is -0.472 e. The summed E-state index contributed by atoms with van der Waals surface area (Å²) in [5, 5.41) is 0. The number of rotatable bonds is 11. The molecule has 0 fully saturated rings. The van der Waals surface area contributed by atoms with Gasteiger partial charge in [0.05, 0.1) is 35.5 Å². The lowest BCUT2D eigenvalue weighted by atomic mass is 9.95. The van der Waals surface area contributed by atoms with Crippen molar-refractivity contribution in [2.45, 2.75) is 71.3 Å². The molecule has 0 aliphatic heterocycles. The van der Waals surface area contributed by atoms with E-state index in [0.29, 0.717) is 89.9 Å². The number of benzene rings is 3. The minimum absolute atomic E-state index is 0.00514. The molecule has 1 N–H and O–H groups in total. The molecule has 0 saturated heterocycles. The molecule has 0 spiro atoms. The summed E-state index contributed by atoms with van der Waals surface area (Å²) < 4.78 is 137. The Hall–Kier alpha value is -6.65. The lowest BCUT2D eigenvalue weighted by Crippen LogP contribution is -2.16. The van der Waals surface area contributed by atoms with E-state index < -0.39 is 58.4 Å². The predicted octanol–water partition coefficient (Wildman–Crippen LogP) is 12.0. The summed E-state index contributed by atoms with van der Waals surface area (Å²) in [5.41, 5.74) is 1.02. The lowest BCUT2D eigenvalue weighted by Gasteiger charge is -2.16. The van der Waals surface area contributed by atoms with Crippen molar-refractivity contribution < 1.29 is 63.3 Å². The van der Waals surface area contributed by atoms with Gasteiger partial charge in [-0.15, -0.1) is 0 Å². The van der Waals surface area contributed by atoms with Crippen LogP contribution >= 0.6 is 0 Å². The molecular weight excluding hydrogens is 860 g/mol. The maximum absolute atomic E-state index is 14.3. The Bertz CT molecular complexity index is 2670. The first-order valence-electron chi connectivity index (χ1n) is 20.0. The summed E-state index contributed by atoms with van der Waals surface area (Å²) in [6, 6.07) is 15.2. The molecule has 64 heavy (non-hydrogen) atoms. The first-order chi connectivity index (χ1) is 30.4. The van der Waals surface area contributed by atoms with Crippen molar-refractivity contribution >= 4 is 34.2 Å². The van der Waals surface area contributed by atoms with Gasteiger partial charge in [0.2, 0.25) is 5.88 Å². The number of carbonyl (C=O) groups is 2. The largest absolute Gasteiger partial charge is 0.472 e. The molecule has 17 heteroatoms. The number of nitrogens with one attached hydrogen (secondary N) is 1. The number of allylic oxidation sites excluding steroid dienone is 4. The number of esters is 2. The Morgan fingerprint density at radius 2 is 1.12 bits per heavy atom. The van der Waals surface area contributed by atoms with E-state index in [1.54, 1.807) is 13.8 Å². The normalized spacial score (nSPS) is 14.0. The van der Waals surface area contributed by atoms with Crippen LogP contribution in [0.3, 0.4) is 0 Å². The van der Waals surface area contributed by atoms with Crippen molar-refractivity contribution in [2.24, 2.45) is 0 Å². The molecule has 8 nitrogen and oxygen atoms in total. The molecule has 0 amide bonds. The zero-order valence-corrected chi connectivity index (χ0v) is 34.2. The zero-order valence-electron chi connectivity index (χ0n) is 34.2. The molecule has 3 aromatic carbocycles. The molecule has 5 aromatic rings. The molecular formula is C47H39F9N2O6. The average Bonchev–Trinajstić information content (AvgIpc) is 3.95. The molecule has 0 saturated carbocycles. The van der Waals surface area contributed by atoms with Gasteiger partial charge in [-0.25, -0.2) is 27.7 Å². The van der Waals surface area contributed by atoms with E-state index in [2.05, 4.69) is 9.97 Å². The van der Waals surface area contributed by atoms with Crippen LogP contribution in [0.15, 0.2) is 90.0 Å². The third-order valence-electron chi connectivity index (χ3n) is 10.4. The Balaban J connectivity index is 0.000000219. The van der Waals surface area contributed by atoms with Gasteiger partial charge in [0.25, 0.3) is 5.56 Å². The highest BCUT2D eigenvalue weighted by Gasteiger charge is 2.34. The Morgan fingerprint density at radius 1 is 0.641 bits per heavy atom.